The van der Waals surface area contributed by atoms with Crippen LogP contribution in [0.5, 0.6) is 0 Å². The van der Waals surface area contributed by atoms with Crippen LogP contribution in [-0.2, 0) is 31.5 Å². The Bertz CT molecular complexity index is 574. The van der Waals surface area contributed by atoms with Crippen molar-refractivity contribution in [2.45, 2.75) is 44.6 Å². The van der Waals surface area contributed by atoms with Gasteiger partial charge in [0, 0.05) is 12.3 Å². The topological polar surface area (TPSA) is 36.9 Å². The van der Waals surface area contributed by atoms with Gasteiger partial charge in [-0.3, -0.25) is 0 Å². The van der Waals surface area contributed by atoms with Crippen LogP contribution in [0.1, 0.15) is 37.3 Å². The Morgan fingerprint density at radius 2 is 1.63 bits per heavy atom. The Morgan fingerprint density at radius 1 is 1.00 bits per heavy atom. The van der Waals surface area contributed by atoms with Gasteiger partial charge >= 0.3 is 6.18 Å². The summed E-state index contributed by atoms with van der Waals surface area (Å²) in [5.74, 6) is -0.490. The van der Waals surface area contributed by atoms with Crippen LogP contribution in [0.15, 0.2) is 24.3 Å². The number of hydrogen-bond donors (Lipinski definition) is 0. The Kier molecular flexibility index (Phi) is 6.78. The maximum absolute atomic E-state index is 12.7. The molecule has 0 amide bonds. The van der Waals surface area contributed by atoms with Gasteiger partial charge in [0.1, 0.15) is 6.79 Å². The lowest BCUT2D eigenvalue weighted by Gasteiger charge is -2.46. The van der Waals surface area contributed by atoms with Gasteiger partial charge in [-0.25, -0.2) is 0 Å². The van der Waals surface area contributed by atoms with Crippen molar-refractivity contribution in [2.24, 2.45) is 11.8 Å². The molecule has 0 bridgehead atoms. The molecule has 4 nitrogen and oxygen atoms in total. The van der Waals surface area contributed by atoms with E-state index in [1.54, 1.807) is 0 Å². The molecule has 0 aromatic heterocycles. The van der Waals surface area contributed by atoms with E-state index in [1.807, 2.05) is 0 Å². The quantitative estimate of drug-likeness (QED) is 0.723. The molecule has 27 heavy (non-hydrogen) atoms. The summed E-state index contributed by atoms with van der Waals surface area (Å²) in [5.41, 5.74) is 0.186. The van der Waals surface area contributed by atoms with Gasteiger partial charge in [-0.05, 0) is 30.5 Å². The SMILES string of the molecule is CCCC1COC(CCc2ccc(C(F)(F)F)cc2)(C2COCOC2)OC1. The van der Waals surface area contributed by atoms with E-state index in [2.05, 4.69) is 6.92 Å². The van der Waals surface area contributed by atoms with Crippen LogP contribution in [0.3, 0.4) is 0 Å². The molecule has 0 saturated carbocycles. The molecule has 2 fully saturated rings. The van der Waals surface area contributed by atoms with Gasteiger partial charge in [0.05, 0.1) is 37.9 Å². The third-order valence-corrected chi connectivity index (χ3v) is 5.29. The monoisotopic (exact) mass is 388 g/mol. The first kappa shape index (κ1) is 20.6. The Morgan fingerprint density at radius 3 is 2.19 bits per heavy atom. The lowest BCUT2D eigenvalue weighted by Crippen LogP contribution is -2.54. The fourth-order valence-electron chi connectivity index (χ4n) is 3.69. The van der Waals surface area contributed by atoms with Gasteiger partial charge in [-0.1, -0.05) is 25.5 Å². The maximum Gasteiger partial charge on any atom is 0.416 e. The van der Waals surface area contributed by atoms with E-state index in [-0.39, 0.29) is 12.7 Å². The number of rotatable bonds is 6. The molecule has 0 spiro atoms. The minimum absolute atomic E-state index is 0.0525. The zero-order chi connectivity index (χ0) is 19.3. The van der Waals surface area contributed by atoms with Crippen molar-refractivity contribution in [3.8, 4) is 0 Å². The van der Waals surface area contributed by atoms with E-state index in [0.717, 1.165) is 30.5 Å². The number of alkyl halides is 3. The van der Waals surface area contributed by atoms with Crippen LogP contribution in [0.25, 0.3) is 0 Å². The highest BCUT2D eigenvalue weighted by atomic mass is 19.4. The fraction of sp³-hybridized carbons (Fsp3) is 0.700. The molecule has 1 aromatic rings. The molecule has 2 aliphatic heterocycles. The van der Waals surface area contributed by atoms with Gasteiger partial charge in [-0.2, -0.15) is 13.2 Å². The smallest absolute Gasteiger partial charge is 0.355 e. The van der Waals surface area contributed by atoms with Gasteiger partial charge < -0.3 is 18.9 Å². The third-order valence-electron chi connectivity index (χ3n) is 5.29. The summed E-state index contributed by atoms with van der Waals surface area (Å²) in [6.07, 6.45) is -1.08. The molecule has 2 heterocycles. The average Bonchev–Trinajstić information content (AvgIpc) is 2.68. The van der Waals surface area contributed by atoms with Crippen LogP contribution in [0, 0.1) is 11.8 Å². The van der Waals surface area contributed by atoms with Crippen LogP contribution >= 0.6 is 0 Å². The molecular formula is C20H27F3O4. The van der Waals surface area contributed by atoms with Crippen molar-refractivity contribution in [3.05, 3.63) is 35.4 Å². The zero-order valence-electron chi connectivity index (χ0n) is 15.6. The van der Waals surface area contributed by atoms with Crippen molar-refractivity contribution < 1.29 is 32.1 Å². The van der Waals surface area contributed by atoms with Crippen LogP contribution in [0.2, 0.25) is 0 Å². The molecule has 2 saturated heterocycles. The molecule has 1 aromatic carbocycles. The standard InChI is InChI=1S/C20H27F3O4/c1-2-3-16-10-26-19(27-11-16,18-12-24-14-25-13-18)9-8-15-4-6-17(7-5-15)20(21,22)23/h4-7,16,18H,2-3,8-14H2,1H3. The first-order chi connectivity index (χ1) is 12.9. The summed E-state index contributed by atoms with van der Waals surface area (Å²) in [6, 6.07) is 5.28. The molecular weight excluding hydrogens is 361 g/mol. The highest BCUT2D eigenvalue weighted by Crippen LogP contribution is 2.37. The van der Waals surface area contributed by atoms with Crippen LogP contribution in [0.4, 0.5) is 13.2 Å². The van der Waals surface area contributed by atoms with E-state index in [0.29, 0.717) is 45.2 Å². The first-order valence-corrected chi connectivity index (χ1v) is 9.52. The maximum atomic E-state index is 12.7. The third kappa shape index (κ3) is 5.22. The summed E-state index contributed by atoms with van der Waals surface area (Å²) in [7, 11) is 0. The number of hydrogen-bond acceptors (Lipinski definition) is 4. The van der Waals surface area contributed by atoms with E-state index in [4.69, 9.17) is 18.9 Å². The van der Waals surface area contributed by atoms with Gasteiger partial charge in [0.15, 0.2) is 5.79 Å². The van der Waals surface area contributed by atoms with Crippen LogP contribution < -0.4 is 0 Å². The second kappa shape index (κ2) is 8.90. The van der Waals surface area contributed by atoms with Crippen molar-refractivity contribution in [2.75, 3.05) is 33.2 Å². The highest BCUT2D eigenvalue weighted by molar-refractivity contribution is 5.24. The zero-order valence-corrected chi connectivity index (χ0v) is 15.6. The number of benzene rings is 1. The predicted octanol–water partition coefficient (Wildman–Crippen LogP) is 4.42. The molecule has 2 aliphatic rings. The minimum atomic E-state index is -4.32. The molecule has 152 valence electrons. The van der Waals surface area contributed by atoms with Crippen molar-refractivity contribution in [1.82, 2.24) is 0 Å². The van der Waals surface area contributed by atoms with Crippen molar-refractivity contribution in [1.29, 1.82) is 0 Å². The molecule has 0 N–H and O–H groups in total. The van der Waals surface area contributed by atoms with E-state index >= 15 is 0 Å². The molecule has 7 heteroatoms. The molecule has 0 radical (unpaired) electrons. The Labute approximate surface area is 157 Å². The highest BCUT2D eigenvalue weighted by Gasteiger charge is 2.45. The summed E-state index contributed by atoms with van der Waals surface area (Å²) in [4.78, 5) is 0. The number of aryl methyl sites for hydroxylation is 1. The van der Waals surface area contributed by atoms with Crippen molar-refractivity contribution in [3.63, 3.8) is 0 Å². The van der Waals surface area contributed by atoms with E-state index in [1.165, 1.54) is 12.1 Å². The van der Waals surface area contributed by atoms with Gasteiger partial charge in [0.25, 0.3) is 0 Å². The summed E-state index contributed by atoms with van der Waals surface area (Å²) in [6.45, 7) is 4.63. The van der Waals surface area contributed by atoms with Gasteiger partial charge in [0.2, 0.25) is 0 Å². The molecule has 0 unspecified atom stereocenters. The Hall–Kier alpha value is -1.15. The lowest BCUT2D eigenvalue weighted by molar-refractivity contribution is -0.334. The number of halogens is 3. The van der Waals surface area contributed by atoms with Gasteiger partial charge in [-0.15, -0.1) is 0 Å². The van der Waals surface area contributed by atoms with E-state index in [9.17, 15) is 13.2 Å². The molecule has 0 aliphatic carbocycles. The largest absolute Gasteiger partial charge is 0.416 e. The van der Waals surface area contributed by atoms with Crippen molar-refractivity contribution >= 4 is 0 Å². The summed E-state index contributed by atoms with van der Waals surface area (Å²) < 4.78 is 61.5. The first-order valence-electron chi connectivity index (χ1n) is 9.52. The lowest BCUT2D eigenvalue weighted by atomic mass is 9.90. The van der Waals surface area contributed by atoms with Crippen LogP contribution in [-0.4, -0.2) is 39.0 Å². The number of ether oxygens (including phenoxy) is 4. The minimum Gasteiger partial charge on any atom is -0.355 e. The molecule has 3 rings (SSSR count). The fourth-order valence-corrected chi connectivity index (χ4v) is 3.69. The Balaban J connectivity index is 1.66. The van der Waals surface area contributed by atoms with E-state index < -0.39 is 17.5 Å². The molecule has 0 atom stereocenters. The predicted molar refractivity (Wildman–Crippen MR) is 93.1 cm³/mol. The normalized spacial score (nSPS) is 27.6. The second-order valence-corrected chi connectivity index (χ2v) is 7.34. The summed E-state index contributed by atoms with van der Waals surface area (Å²) in [5, 5.41) is 0. The second-order valence-electron chi connectivity index (χ2n) is 7.34. The average molecular weight is 388 g/mol. The summed E-state index contributed by atoms with van der Waals surface area (Å²) >= 11 is 0.